The molecule has 2 aromatic carbocycles. The minimum Gasteiger partial charge on any atom is -0.326 e. The lowest BCUT2D eigenvalue weighted by molar-refractivity contribution is -0.122. The van der Waals surface area contributed by atoms with Crippen LogP contribution in [0.5, 0.6) is 0 Å². The molecule has 2 N–H and O–H groups in total. The molecule has 1 saturated heterocycles. The Balaban J connectivity index is 1.59. The van der Waals surface area contributed by atoms with E-state index in [0.29, 0.717) is 10.9 Å². The predicted molar refractivity (Wildman–Crippen MR) is 105 cm³/mol. The van der Waals surface area contributed by atoms with Gasteiger partial charge in [-0.1, -0.05) is 45.4 Å². The minimum absolute atomic E-state index is 0.0967. The molecule has 0 aliphatic carbocycles. The number of aliphatic imine (C=N–C) groups is 1. The first-order chi connectivity index (χ1) is 12.0. The molecule has 5 nitrogen and oxygen atoms in total. The fraction of sp³-hybridized carbons (Fsp3) is 0.167. The Morgan fingerprint density at radius 2 is 1.88 bits per heavy atom. The van der Waals surface area contributed by atoms with Gasteiger partial charge in [-0.3, -0.25) is 9.59 Å². The highest BCUT2D eigenvalue weighted by Crippen LogP contribution is 2.26. The highest BCUT2D eigenvalue weighted by molar-refractivity contribution is 9.10. The molecule has 128 valence electrons. The Morgan fingerprint density at radius 1 is 1.20 bits per heavy atom. The molecule has 1 heterocycles. The Kier molecular flexibility index (Phi) is 5.55. The van der Waals surface area contributed by atoms with Crippen LogP contribution in [0.4, 0.5) is 11.4 Å². The van der Waals surface area contributed by atoms with Crippen molar-refractivity contribution in [3.05, 3.63) is 58.6 Å². The second kappa shape index (κ2) is 7.84. The van der Waals surface area contributed by atoms with Gasteiger partial charge in [-0.25, -0.2) is 4.99 Å². The number of hydrogen-bond donors (Lipinski definition) is 2. The van der Waals surface area contributed by atoms with E-state index in [2.05, 4.69) is 31.6 Å². The summed E-state index contributed by atoms with van der Waals surface area (Å²) < 4.78 is 0.938. The number of benzene rings is 2. The first-order valence-electron chi connectivity index (χ1n) is 7.68. The van der Waals surface area contributed by atoms with Crippen LogP contribution in [0.15, 0.2) is 58.0 Å². The number of anilines is 1. The highest BCUT2D eigenvalue weighted by Gasteiger charge is 2.32. The molecule has 0 aromatic heterocycles. The topological polar surface area (TPSA) is 70.6 Å². The molecule has 0 unspecified atom stereocenters. The van der Waals surface area contributed by atoms with Gasteiger partial charge in [0, 0.05) is 16.6 Å². The lowest BCUT2D eigenvalue weighted by atomic mass is 10.2. The van der Waals surface area contributed by atoms with Gasteiger partial charge in [-0.2, -0.15) is 0 Å². The molecular weight excluding hydrogens is 402 g/mol. The summed E-state index contributed by atoms with van der Waals surface area (Å²) in [6, 6.07) is 15.0. The molecule has 3 rings (SSSR count). The van der Waals surface area contributed by atoms with Crippen LogP contribution in [0, 0.1) is 6.92 Å². The number of amides is 2. The van der Waals surface area contributed by atoms with Crippen LogP contribution in [0.1, 0.15) is 12.0 Å². The number of hydrogen-bond acceptors (Lipinski definition) is 4. The standard InChI is InChI=1S/C18H16BrN3O2S/c1-11-2-6-14(7-3-11)21-18-22-17(24)15(25-18)10-16(23)20-13-8-4-12(19)5-9-13/h2-9,15H,10H2,1H3,(H,20,23)(H,21,22,24)/t15-/m0/s1. The molecule has 0 bridgehead atoms. The van der Waals surface area contributed by atoms with Crippen LogP contribution in [-0.4, -0.2) is 22.2 Å². The molecule has 0 radical (unpaired) electrons. The summed E-state index contributed by atoms with van der Waals surface area (Å²) in [5.74, 6) is -0.395. The van der Waals surface area contributed by atoms with Crippen molar-refractivity contribution in [2.45, 2.75) is 18.6 Å². The first-order valence-corrected chi connectivity index (χ1v) is 9.35. The van der Waals surface area contributed by atoms with Gasteiger partial charge in [0.05, 0.1) is 5.69 Å². The number of carbonyl (C=O) groups is 2. The molecule has 0 saturated carbocycles. The molecule has 1 atom stereocenters. The fourth-order valence-electron chi connectivity index (χ4n) is 2.24. The molecular formula is C18H16BrN3O2S. The minimum atomic E-state index is -0.473. The molecule has 1 aliphatic rings. The third-order valence-corrected chi connectivity index (χ3v) is 5.15. The first kappa shape index (κ1) is 17.7. The van der Waals surface area contributed by atoms with Crippen molar-refractivity contribution in [1.82, 2.24) is 5.32 Å². The molecule has 2 amide bonds. The molecule has 25 heavy (non-hydrogen) atoms. The van der Waals surface area contributed by atoms with Crippen molar-refractivity contribution in [2.24, 2.45) is 4.99 Å². The fourth-order valence-corrected chi connectivity index (χ4v) is 3.49. The van der Waals surface area contributed by atoms with Gasteiger partial charge in [-0.15, -0.1) is 0 Å². The average molecular weight is 418 g/mol. The summed E-state index contributed by atoms with van der Waals surface area (Å²) >= 11 is 4.63. The Labute approximate surface area is 158 Å². The normalized spacial score (nSPS) is 18.2. The van der Waals surface area contributed by atoms with Crippen molar-refractivity contribution < 1.29 is 9.59 Å². The van der Waals surface area contributed by atoms with Crippen LogP contribution < -0.4 is 10.6 Å². The average Bonchev–Trinajstić information content (AvgIpc) is 2.91. The Bertz CT molecular complexity index is 819. The van der Waals surface area contributed by atoms with Crippen molar-refractivity contribution >= 4 is 56.0 Å². The lowest BCUT2D eigenvalue weighted by Crippen LogP contribution is -2.28. The van der Waals surface area contributed by atoms with E-state index in [-0.39, 0.29) is 18.2 Å². The number of halogens is 1. The van der Waals surface area contributed by atoms with Gasteiger partial charge in [0.25, 0.3) is 0 Å². The van der Waals surface area contributed by atoms with Crippen LogP contribution in [0.3, 0.4) is 0 Å². The van der Waals surface area contributed by atoms with E-state index in [1.165, 1.54) is 11.8 Å². The maximum Gasteiger partial charge on any atom is 0.240 e. The Morgan fingerprint density at radius 3 is 2.56 bits per heavy atom. The van der Waals surface area contributed by atoms with Gasteiger partial charge in [-0.05, 0) is 43.3 Å². The van der Waals surface area contributed by atoms with E-state index in [1.807, 2.05) is 43.3 Å². The maximum atomic E-state index is 12.1. The third kappa shape index (κ3) is 4.93. The number of amidine groups is 1. The van der Waals surface area contributed by atoms with E-state index < -0.39 is 5.25 Å². The van der Waals surface area contributed by atoms with Crippen LogP contribution >= 0.6 is 27.7 Å². The molecule has 0 spiro atoms. The number of carbonyl (C=O) groups excluding carboxylic acids is 2. The van der Waals surface area contributed by atoms with E-state index in [0.717, 1.165) is 15.7 Å². The second-order valence-corrected chi connectivity index (χ2v) is 7.71. The number of thioether (sulfide) groups is 1. The summed E-state index contributed by atoms with van der Waals surface area (Å²) in [5, 5.41) is 5.58. The zero-order chi connectivity index (χ0) is 17.8. The summed E-state index contributed by atoms with van der Waals surface area (Å²) in [6.45, 7) is 2.00. The predicted octanol–water partition coefficient (Wildman–Crippen LogP) is 4.01. The molecule has 7 heteroatoms. The van der Waals surface area contributed by atoms with Gasteiger partial charge >= 0.3 is 0 Å². The van der Waals surface area contributed by atoms with Gasteiger partial charge in [0.15, 0.2) is 5.17 Å². The summed E-state index contributed by atoms with van der Waals surface area (Å²) in [7, 11) is 0. The van der Waals surface area contributed by atoms with E-state index in [4.69, 9.17) is 0 Å². The maximum absolute atomic E-state index is 12.1. The van der Waals surface area contributed by atoms with Crippen molar-refractivity contribution in [2.75, 3.05) is 5.32 Å². The number of aryl methyl sites for hydroxylation is 1. The summed E-state index contributed by atoms with van der Waals surface area (Å²) in [6.07, 6.45) is 0.0967. The van der Waals surface area contributed by atoms with Crippen molar-refractivity contribution in [3.63, 3.8) is 0 Å². The molecule has 1 fully saturated rings. The summed E-state index contributed by atoms with van der Waals surface area (Å²) in [5.41, 5.74) is 2.62. The SMILES string of the molecule is Cc1ccc(N=C2NC(=O)[C@H](CC(=O)Nc3ccc(Br)cc3)S2)cc1. The number of nitrogens with one attached hydrogen (secondary N) is 2. The summed E-state index contributed by atoms with van der Waals surface area (Å²) in [4.78, 5) is 28.6. The van der Waals surface area contributed by atoms with Crippen molar-refractivity contribution in [1.29, 1.82) is 0 Å². The Hall–Kier alpha value is -2.12. The lowest BCUT2D eigenvalue weighted by Gasteiger charge is -2.07. The zero-order valence-electron chi connectivity index (χ0n) is 13.5. The van der Waals surface area contributed by atoms with Gasteiger partial charge in [0.1, 0.15) is 5.25 Å². The monoisotopic (exact) mass is 417 g/mol. The van der Waals surface area contributed by atoms with E-state index >= 15 is 0 Å². The van der Waals surface area contributed by atoms with Crippen LogP contribution in [-0.2, 0) is 9.59 Å². The third-order valence-electron chi connectivity index (χ3n) is 3.54. The molecule has 1 aliphatic heterocycles. The van der Waals surface area contributed by atoms with E-state index in [1.54, 1.807) is 12.1 Å². The smallest absolute Gasteiger partial charge is 0.240 e. The van der Waals surface area contributed by atoms with Crippen LogP contribution in [0.25, 0.3) is 0 Å². The number of nitrogens with zero attached hydrogens (tertiary/aromatic N) is 1. The van der Waals surface area contributed by atoms with Crippen molar-refractivity contribution in [3.8, 4) is 0 Å². The largest absolute Gasteiger partial charge is 0.326 e. The highest BCUT2D eigenvalue weighted by atomic mass is 79.9. The van der Waals surface area contributed by atoms with Gasteiger partial charge in [0.2, 0.25) is 11.8 Å². The van der Waals surface area contributed by atoms with E-state index in [9.17, 15) is 9.59 Å². The molecule has 2 aromatic rings. The van der Waals surface area contributed by atoms with Gasteiger partial charge < -0.3 is 10.6 Å². The second-order valence-electron chi connectivity index (χ2n) is 5.61. The van der Waals surface area contributed by atoms with Crippen LogP contribution in [0.2, 0.25) is 0 Å². The quantitative estimate of drug-likeness (QED) is 0.789. The number of rotatable bonds is 4. The zero-order valence-corrected chi connectivity index (χ0v) is 15.9.